The average Bonchev–Trinajstić information content (AvgIpc) is 2.77. The first-order chi connectivity index (χ1) is 15.4. The van der Waals surface area contributed by atoms with Crippen LogP contribution in [0.25, 0.3) is 10.9 Å². The molecule has 1 fully saturated rings. The highest BCUT2D eigenvalue weighted by Gasteiger charge is 2.35. The molecule has 1 aromatic heterocycles. The number of ether oxygens (including phenoxy) is 2. The number of fused-ring (bicyclic) bond motifs is 2. The maximum Gasteiger partial charge on any atom is 0.250 e. The van der Waals surface area contributed by atoms with Crippen molar-refractivity contribution in [1.29, 1.82) is 0 Å². The number of benzene rings is 2. The summed E-state index contributed by atoms with van der Waals surface area (Å²) >= 11 is 0. The van der Waals surface area contributed by atoms with Crippen LogP contribution in [0.15, 0.2) is 36.7 Å². The van der Waals surface area contributed by atoms with Crippen LogP contribution in [0.3, 0.4) is 0 Å². The van der Waals surface area contributed by atoms with Gasteiger partial charge < -0.3 is 14.8 Å². The molecule has 168 valence electrons. The third-order valence-corrected chi connectivity index (χ3v) is 5.91. The Hall–Kier alpha value is -3.07. The van der Waals surface area contributed by atoms with Crippen LogP contribution in [0, 0.1) is 12.7 Å². The third kappa shape index (κ3) is 4.17. The predicted octanol–water partition coefficient (Wildman–Crippen LogP) is 4.69. The van der Waals surface area contributed by atoms with E-state index >= 15 is 0 Å². The highest BCUT2D eigenvalue weighted by Crippen LogP contribution is 2.38. The molecule has 1 saturated heterocycles. The molecule has 0 aliphatic carbocycles. The average molecular weight is 444 g/mol. The van der Waals surface area contributed by atoms with Gasteiger partial charge in [-0.25, -0.2) is 23.1 Å². The maximum absolute atomic E-state index is 14.5. The fourth-order valence-electron chi connectivity index (χ4n) is 4.08. The Labute approximate surface area is 183 Å². The number of likely N-dealkylation sites (tertiary alicyclic amines) is 1. The zero-order valence-electron chi connectivity index (χ0n) is 17.6. The van der Waals surface area contributed by atoms with E-state index in [2.05, 4.69) is 15.3 Å². The summed E-state index contributed by atoms with van der Waals surface area (Å²) in [4.78, 5) is 10.6. The fraction of sp³-hybridized carbons (Fsp3) is 0.391. The molecule has 0 spiro atoms. The Morgan fingerprint density at radius 1 is 1.16 bits per heavy atom. The minimum absolute atomic E-state index is 0.135. The quantitative estimate of drug-likeness (QED) is 0.630. The number of aromatic nitrogens is 2. The van der Waals surface area contributed by atoms with Crippen LogP contribution < -0.4 is 14.8 Å². The number of piperidine rings is 1. The molecule has 0 radical (unpaired) electrons. The van der Waals surface area contributed by atoms with Crippen LogP contribution in [-0.4, -0.2) is 53.1 Å². The molecule has 1 N–H and O–H groups in total. The molecule has 32 heavy (non-hydrogen) atoms. The Morgan fingerprint density at radius 3 is 2.78 bits per heavy atom. The van der Waals surface area contributed by atoms with E-state index in [0.717, 1.165) is 0 Å². The number of anilines is 2. The second kappa shape index (κ2) is 8.12. The van der Waals surface area contributed by atoms with E-state index in [9.17, 15) is 13.2 Å². The summed E-state index contributed by atoms with van der Waals surface area (Å²) in [6.45, 7) is 3.21. The van der Waals surface area contributed by atoms with Gasteiger partial charge in [-0.05, 0) is 24.6 Å². The molecule has 3 heterocycles. The Kier molecular flexibility index (Phi) is 5.28. The normalized spacial score (nSPS) is 20.3. The second-order valence-electron chi connectivity index (χ2n) is 8.31. The summed E-state index contributed by atoms with van der Waals surface area (Å²) in [5.74, 6) is -1.38. The van der Waals surface area contributed by atoms with Gasteiger partial charge in [-0.1, -0.05) is 12.1 Å². The number of nitrogens with zero attached hydrogens (tertiary/aromatic N) is 3. The lowest BCUT2D eigenvalue weighted by Crippen LogP contribution is -2.46. The molecule has 0 amide bonds. The molecule has 6 nitrogen and oxygen atoms in total. The van der Waals surface area contributed by atoms with Crippen LogP contribution in [0.5, 0.6) is 11.5 Å². The molecule has 2 aromatic carbocycles. The van der Waals surface area contributed by atoms with Crippen molar-refractivity contribution in [2.45, 2.75) is 31.8 Å². The first-order valence-corrected chi connectivity index (χ1v) is 10.6. The first-order valence-electron chi connectivity index (χ1n) is 10.6. The summed E-state index contributed by atoms with van der Waals surface area (Å²) in [6, 6.07) is 8.65. The van der Waals surface area contributed by atoms with E-state index in [4.69, 9.17) is 9.47 Å². The maximum atomic E-state index is 14.5. The van der Waals surface area contributed by atoms with E-state index in [1.807, 2.05) is 4.90 Å². The van der Waals surface area contributed by atoms with Gasteiger partial charge in [-0.2, -0.15) is 0 Å². The number of hydrogen-bond donors (Lipinski definition) is 1. The lowest BCUT2D eigenvalue weighted by molar-refractivity contribution is -0.0627. The monoisotopic (exact) mass is 444 g/mol. The van der Waals surface area contributed by atoms with Crippen LogP contribution in [0.4, 0.5) is 24.7 Å². The van der Waals surface area contributed by atoms with Crippen LogP contribution in [-0.2, 0) is 0 Å². The van der Waals surface area contributed by atoms with Gasteiger partial charge in [0.15, 0.2) is 11.5 Å². The summed E-state index contributed by atoms with van der Waals surface area (Å²) in [7, 11) is 0. The zero-order chi connectivity index (χ0) is 22.3. The van der Waals surface area contributed by atoms with Crippen molar-refractivity contribution in [2.75, 3.05) is 31.6 Å². The Bertz CT molecular complexity index is 1150. The lowest BCUT2D eigenvalue weighted by Gasteiger charge is -2.35. The minimum Gasteiger partial charge on any atom is -0.486 e. The summed E-state index contributed by atoms with van der Waals surface area (Å²) in [5, 5.41) is 3.71. The number of alkyl halides is 2. The minimum atomic E-state index is -2.58. The Balaban J connectivity index is 1.37. The Morgan fingerprint density at radius 2 is 1.97 bits per heavy atom. The molecule has 2 aliphatic heterocycles. The van der Waals surface area contributed by atoms with Gasteiger partial charge in [0.05, 0.1) is 11.2 Å². The molecular formula is C23H23F3N4O2. The molecule has 3 aromatic rings. The van der Waals surface area contributed by atoms with E-state index in [0.29, 0.717) is 65.7 Å². The van der Waals surface area contributed by atoms with Crippen molar-refractivity contribution in [3.63, 3.8) is 0 Å². The third-order valence-electron chi connectivity index (χ3n) is 5.91. The zero-order valence-corrected chi connectivity index (χ0v) is 17.6. The van der Waals surface area contributed by atoms with E-state index in [1.165, 1.54) is 6.33 Å². The van der Waals surface area contributed by atoms with Gasteiger partial charge in [-0.15, -0.1) is 0 Å². The van der Waals surface area contributed by atoms with Gasteiger partial charge in [0, 0.05) is 43.9 Å². The highest BCUT2D eigenvalue weighted by atomic mass is 19.3. The summed E-state index contributed by atoms with van der Waals surface area (Å²) < 4.78 is 53.3. The summed E-state index contributed by atoms with van der Waals surface area (Å²) in [6.07, 6.45) is 0.860. The molecule has 0 saturated carbocycles. The number of halogens is 3. The molecule has 0 unspecified atom stereocenters. The second-order valence-corrected chi connectivity index (χ2v) is 8.31. The molecule has 9 heteroatoms. The van der Waals surface area contributed by atoms with Crippen LogP contribution >= 0.6 is 0 Å². The number of hydrogen-bond acceptors (Lipinski definition) is 6. The van der Waals surface area contributed by atoms with Crippen LogP contribution in [0.2, 0.25) is 0 Å². The van der Waals surface area contributed by atoms with Crippen molar-refractivity contribution in [2.24, 2.45) is 0 Å². The molecule has 0 bridgehead atoms. The van der Waals surface area contributed by atoms with Crippen molar-refractivity contribution in [3.05, 3.63) is 48.0 Å². The van der Waals surface area contributed by atoms with Gasteiger partial charge in [0.1, 0.15) is 30.7 Å². The van der Waals surface area contributed by atoms with E-state index in [1.54, 1.807) is 37.3 Å². The highest BCUT2D eigenvalue weighted by molar-refractivity contribution is 5.93. The van der Waals surface area contributed by atoms with Gasteiger partial charge in [0.25, 0.3) is 5.92 Å². The molecule has 1 atom stereocenters. The molecular weight excluding hydrogens is 421 g/mol. The molecule has 2 aliphatic rings. The number of aryl methyl sites for hydroxylation is 1. The largest absolute Gasteiger partial charge is 0.486 e. The van der Waals surface area contributed by atoms with Crippen LogP contribution in [0.1, 0.15) is 18.4 Å². The standard InChI is InChI=1S/C23H23F3N4O2/c1-14-3-2-4-17(21(14)24)29-22-16-9-20-19(10-18(16)27-13-28-22)31-12-15(32-20)11-30-7-5-23(25,26)6-8-30/h2-4,9-10,13,15H,5-8,11-12H2,1H3,(H,27,28,29)/t15-/m0/s1. The smallest absolute Gasteiger partial charge is 0.250 e. The molecule has 5 rings (SSSR count). The van der Waals surface area contributed by atoms with Gasteiger partial charge >= 0.3 is 0 Å². The summed E-state index contributed by atoms with van der Waals surface area (Å²) in [5.41, 5.74) is 1.48. The SMILES string of the molecule is Cc1cccc(Nc2ncnc3cc4c(cc23)O[C@@H](CN2CCC(F)(F)CC2)CO4)c1F. The van der Waals surface area contributed by atoms with E-state index in [-0.39, 0.29) is 24.8 Å². The van der Waals surface area contributed by atoms with Crippen molar-refractivity contribution in [1.82, 2.24) is 14.9 Å². The van der Waals surface area contributed by atoms with Gasteiger partial charge in [0.2, 0.25) is 0 Å². The predicted molar refractivity (Wildman–Crippen MR) is 114 cm³/mol. The lowest BCUT2D eigenvalue weighted by atomic mass is 10.1. The fourth-order valence-corrected chi connectivity index (χ4v) is 4.08. The van der Waals surface area contributed by atoms with Crippen molar-refractivity contribution in [3.8, 4) is 11.5 Å². The van der Waals surface area contributed by atoms with Gasteiger partial charge in [-0.3, -0.25) is 4.90 Å². The number of rotatable bonds is 4. The van der Waals surface area contributed by atoms with E-state index < -0.39 is 5.92 Å². The number of nitrogens with one attached hydrogen (secondary N) is 1. The van der Waals surface area contributed by atoms with Crippen molar-refractivity contribution >= 4 is 22.4 Å². The topological polar surface area (TPSA) is 59.5 Å². The van der Waals surface area contributed by atoms with Crippen molar-refractivity contribution < 1.29 is 22.6 Å². The first kappa shape index (κ1) is 20.8.